The fourth-order valence-electron chi connectivity index (χ4n) is 1.84. The lowest BCUT2D eigenvalue weighted by Crippen LogP contribution is -2.21. The molecule has 9 heteroatoms. The molecule has 0 radical (unpaired) electrons. The number of hydrogen-bond acceptors (Lipinski definition) is 5. The summed E-state index contributed by atoms with van der Waals surface area (Å²) in [5, 5.41) is 14.0. The molecule has 2 aromatic rings. The number of anilines is 1. The predicted molar refractivity (Wildman–Crippen MR) is 88.5 cm³/mol. The fourth-order valence-corrected chi connectivity index (χ4v) is 2.36. The maximum absolute atomic E-state index is 11.9. The van der Waals surface area contributed by atoms with Gasteiger partial charge in [-0.1, -0.05) is 35.3 Å². The van der Waals surface area contributed by atoms with Crippen molar-refractivity contribution in [3.8, 4) is 0 Å². The molecule has 0 bridgehead atoms. The molecule has 2 rings (SSSR count). The molecule has 7 nitrogen and oxygen atoms in total. The molecule has 0 atom stereocenters. The number of para-hydroxylation sites is 1. The topological polar surface area (TPSA) is 98.5 Å². The minimum absolute atomic E-state index is 0.235. The van der Waals surface area contributed by atoms with Gasteiger partial charge in [0.1, 0.15) is 5.56 Å². The van der Waals surface area contributed by atoms with Crippen LogP contribution in [0.1, 0.15) is 10.4 Å². The zero-order chi connectivity index (χ0) is 17.7. The van der Waals surface area contributed by atoms with Crippen molar-refractivity contribution in [2.75, 3.05) is 11.9 Å². The van der Waals surface area contributed by atoms with Gasteiger partial charge in [-0.25, -0.2) is 4.79 Å². The van der Waals surface area contributed by atoms with Gasteiger partial charge in [-0.2, -0.15) is 0 Å². The Morgan fingerprint density at radius 1 is 1.12 bits per heavy atom. The average molecular weight is 369 g/mol. The summed E-state index contributed by atoms with van der Waals surface area (Å²) in [7, 11) is 0. The Labute approximate surface area is 146 Å². The smallest absolute Gasteiger partial charge is 0.345 e. The van der Waals surface area contributed by atoms with Crippen LogP contribution in [0.5, 0.6) is 0 Å². The van der Waals surface area contributed by atoms with Gasteiger partial charge in [0.15, 0.2) is 6.61 Å². The standard InChI is InChI=1S/C15H10Cl2N2O5/c16-9-5-10(17)7-11(6-9)18-14(20)8-24-15(21)12-3-1-2-4-13(12)19(22)23/h1-7H,8H2,(H,18,20). The number of carbonyl (C=O) groups excluding carboxylic acids is 2. The molecule has 0 aliphatic carbocycles. The second-order valence-electron chi connectivity index (χ2n) is 4.56. The Hall–Kier alpha value is -2.64. The third kappa shape index (κ3) is 4.68. The molecule has 0 aliphatic heterocycles. The highest BCUT2D eigenvalue weighted by Gasteiger charge is 2.21. The zero-order valence-corrected chi connectivity index (χ0v) is 13.5. The lowest BCUT2D eigenvalue weighted by molar-refractivity contribution is -0.385. The molecular weight excluding hydrogens is 359 g/mol. The minimum Gasteiger partial charge on any atom is -0.452 e. The quantitative estimate of drug-likeness (QED) is 0.492. The Balaban J connectivity index is 1.99. The second kappa shape index (κ2) is 7.76. The van der Waals surface area contributed by atoms with E-state index in [-0.39, 0.29) is 5.56 Å². The van der Waals surface area contributed by atoms with E-state index in [9.17, 15) is 19.7 Å². The maximum Gasteiger partial charge on any atom is 0.345 e. The van der Waals surface area contributed by atoms with E-state index in [0.29, 0.717) is 15.7 Å². The first-order valence-corrected chi connectivity index (χ1v) is 7.29. The number of benzene rings is 2. The van der Waals surface area contributed by atoms with Crippen LogP contribution in [-0.2, 0) is 9.53 Å². The van der Waals surface area contributed by atoms with Gasteiger partial charge in [0.2, 0.25) is 0 Å². The van der Waals surface area contributed by atoms with E-state index in [1.807, 2.05) is 0 Å². The van der Waals surface area contributed by atoms with E-state index in [2.05, 4.69) is 5.32 Å². The first-order chi connectivity index (χ1) is 11.4. The third-order valence-corrected chi connectivity index (χ3v) is 3.24. The summed E-state index contributed by atoms with van der Waals surface area (Å²) in [6, 6.07) is 9.72. The van der Waals surface area contributed by atoms with Crippen molar-refractivity contribution >= 4 is 46.5 Å². The van der Waals surface area contributed by atoms with Crippen molar-refractivity contribution in [3.63, 3.8) is 0 Å². The highest BCUT2D eigenvalue weighted by atomic mass is 35.5. The Kier molecular flexibility index (Phi) is 5.73. The fraction of sp³-hybridized carbons (Fsp3) is 0.0667. The van der Waals surface area contributed by atoms with Crippen LogP contribution in [0.25, 0.3) is 0 Å². The lowest BCUT2D eigenvalue weighted by atomic mass is 10.2. The van der Waals surface area contributed by atoms with Gasteiger partial charge in [-0.05, 0) is 24.3 Å². The van der Waals surface area contributed by atoms with Crippen LogP contribution >= 0.6 is 23.2 Å². The molecule has 1 amide bonds. The van der Waals surface area contributed by atoms with E-state index in [1.165, 1.54) is 42.5 Å². The van der Waals surface area contributed by atoms with E-state index >= 15 is 0 Å². The highest BCUT2D eigenvalue weighted by Crippen LogP contribution is 2.22. The number of nitro groups is 1. The molecule has 24 heavy (non-hydrogen) atoms. The number of halogens is 2. The van der Waals surface area contributed by atoms with Crippen LogP contribution in [-0.4, -0.2) is 23.4 Å². The number of nitrogens with zero attached hydrogens (tertiary/aromatic N) is 1. The van der Waals surface area contributed by atoms with Crippen LogP contribution < -0.4 is 5.32 Å². The number of ether oxygens (including phenoxy) is 1. The summed E-state index contributed by atoms with van der Waals surface area (Å²) >= 11 is 11.6. The van der Waals surface area contributed by atoms with E-state index in [4.69, 9.17) is 27.9 Å². The van der Waals surface area contributed by atoms with Gasteiger partial charge in [0.25, 0.3) is 11.6 Å². The first-order valence-electron chi connectivity index (χ1n) is 6.53. The van der Waals surface area contributed by atoms with Gasteiger partial charge < -0.3 is 10.1 Å². The summed E-state index contributed by atoms with van der Waals surface area (Å²) in [5.74, 6) is -1.61. The van der Waals surface area contributed by atoms with Gasteiger partial charge in [-0.15, -0.1) is 0 Å². The van der Waals surface area contributed by atoms with Crippen LogP contribution in [0, 0.1) is 10.1 Å². The molecule has 0 heterocycles. The molecular formula is C15H10Cl2N2O5. The van der Waals surface area contributed by atoms with Crippen LogP contribution in [0.2, 0.25) is 10.0 Å². The SMILES string of the molecule is O=C(COC(=O)c1ccccc1[N+](=O)[O-])Nc1cc(Cl)cc(Cl)c1. The summed E-state index contributed by atoms with van der Waals surface area (Å²) in [6.45, 7) is -0.616. The average Bonchev–Trinajstić information content (AvgIpc) is 2.51. The number of amides is 1. The largest absolute Gasteiger partial charge is 0.452 e. The maximum atomic E-state index is 11.9. The summed E-state index contributed by atoms with van der Waals surface area (Å²) in [5.41, 5.74) is -0.301. The van der Waals surface area contributed by atoms with E-state index in [0.717, 1.165) is 0 Å². The van der Waals surface area contributed by atoms with E-state index < -0.39 is 29.1 Å². The predicted octanol–water partition coefficient (Wildman–Crippen LogP) is 3.70. The molecule has 0 aromatic heterocycles. The number of carbonyl (C=O) groups is 2. The molecule has 1 N–H and O–H groups in total. The monoisotopic (exact) mass is 368 g/mol. The van der Waals surface area contributed by atoms with Crippen molar-refractivity contribution in [2.24, 2.45) is 0 Å². The Bertz CT molecular complexity index is 790. The van der Waals surface area contributed by atoms with Crippen LogP contribution in [0.3, 0.4) is 0 Å². The number of nitrogens with one attached hydrogen (secondary N) is 1. The lowest BCUT2D eigenvalue weighted by Gasteiger charge is -2.07. The molecule has 0 saturated carbocycles. The van der Waals surface area contributed by atoms with Crippen molar-refractivity contribution in [1.82, 2.24) is 0 Å². The second-order valence-corrected chi connectivity index (χ2v) is 5.43. The molecule has 0 unspecified atom stereocenters. The minimum atomic E-state index is -0.971. The molecule has 124 valence electrons. The Morgan fingerprint density at radius 3 is 2.38 bits per heavy atom. The molecule has 0 fully saturated rings. The van der Waals surface area contributed by atoms with Crippen LogP contribution in [0.4, 0.5) is 11.4 Å². The van der Waals surface area contributed by atoms with Crippen molar-refractivity contribution in [2.45, 2.75) is 0 Å². The molecule has 0 spiro atoms. The number of nitro benzene ring substituents is 1. The van der Waals surface area contributed by atoms with Gasteiger partial charge in [-0.3, -0.25) is 14.9 Å². The Morgan fingerprint density at radius 2 is 1.75 bits per heavy atom. The van der Waals surface area contributed by atoms with E-state index in [1.54, 1.807) is 0 Å². The number of hydrogen-bond donors (Lipinski definition) is 1. The van der Waals surface area contributed by atoms with Gasteiger partial charge in [0, 0.05) is 21.8 Å². The van der Waals surface area contributed by atoms with Crippen LogP contribution in [0.15, 0.2) is 42.5 Å². The first kappa shape index (κ1) is 17.7. The third-order valence-electron chi connectivity index (χ3n) is 2.80. The van der Waals surface area contributed by atoms with Crippen molar-refractivity contribution < 1.29 is 19.2 Å². The normalized spacial score (nSPS) is 10.1. The highest BCUT2D eigenvalue weighted by molar-refractivity contribution is 6.35. The summed E-state index contributed by atoms with van der Waals surface area (Å²) in [6.07, 6.45) is 0. The summed E-state index contributed by atoms with van der Waals surface area (Å²) in [4.78, 5) is 33.8. The number of rotatable bonds is 5. The molecule has 0 saturated heterocycles. The van der Waals surface area contributed by atoms with Gasteiger partial charge in [0.05, 0.1) is 4.92 Å². The molecule has 0 aliphatic rings. The van der Waals surface area contributed by atoms with Crippen molar-refractivity contribution in [1.29, 1.82) is 0 Å². The molecule has 2 aromatic carbocycles. The summed E-state index contributed by atoms with van der Waals surface area (Å²) < 4.78 is 4.79. The van der Waals surface area contributed by atoms with Gasteiger partial charge >= 0.3 is 5.97 Å². The zero-order valence-electron chi connectivity index (χ0n) is 12.0. The number of esters is 1. The van der Waals surface area contributed by atoms with Crippen molar-refractivity contribution in [3.05, 3.63) is 68.2 Å².